The van der Waals surface area contributed by atoms with Crippen LogP contribution in [0, 0.1) is 0 Å². The largest absolute Gasteiger partial charge is 0.481 e. The number of hydrogen-bond donors (Lipinski definition) is 1. The summed E-state index contributed by atoms with van der Waals surface area (Å²) in [6.45, 7) is 0. The first-order valence-electron chi connectivity index (χ1n) is 7.18. The molecule has 3 heteroatoms. The van der Waals surface area contributed by atoms with Crippen LogP contribution >= 0.6 is 15.9 Å². The lowest BCUT2D eigenvalue weighted by Gasteiger charge is -2.35. The Kier molecular flexibility index (Phi) is 3.85. The Morgan fingerprint density at radius 2 is 2.00 bits per heavy atom. The first-order chi connectivity index (χ1) is 10.1. The van der Waals surface area contributed by atoms with Gasteiger partial charge in [0.15, 0.2) is 0 Å². The zero-order chi connectivity index (χ0) is 14.9. The van der Waals surface area contributed by atoms with Crippen LogP contribution in [0.3, 0.4) is 0 Å². The molecule has 3 rings (SSSR count). The van der Waals surface area contributed by atoms with E-state index < -0.39 is 11.4 Å². The van der Waals surface area contributed by atoms with E-state index in [0.29, 0.717) is 12.8 Å². The zero-order valence-electron chi connectivity index (χ0n) is 11.7. The highest BCUT2D eigenvalue weighted by atomic mass is 79.9. The van der Waals surface area contributed by atoms with Gasteiger partial charge in [0.25, 0.3) is 0 Å². The van der Waals surface area contributed by atoms with E-state index in [-0.39, 0.29) is 0 Å². The maximum Gasteiger partial charge on any atom is 0.314 e. The molecule has 0 spiro atoms. The summed E-state index contributed by atoms with van der Waals surface area (Å²) in [5.74, 6) is -0.713. The summed E-state index contributed by atoms with van der Waals surface area (Å²) < 4.78 is 0.990. The summed E-state index contributed by atoms with van der Waals surface area (Å²) in [6, 6.07) is 15.9. The fraction of sp³-hybridized carbons (Fsp3) is 0.278. The third-order valence-corrected chi connectivity index (χ3v) is 4.88. The highest BCUT2D eigenvalue weighted by Crippen LogP contribution is 2.40. The molecule has 1 aliphatic carbocycles. The smallest absolute Gasteiger partial charge is 0.314 e. The third-order valence-electron chi connectivity index (χ3n) is 4.39. The van der Waals surface area contributed by atoms with Crippen molar-refractivity contribution in [3.05, 3.63) is 69.7 Å². The van der Waals surface area contributed by atoms with Gasteiger partial charge in [0.2, 0.25) is 0 Å². The lowest BCUT2D eigenvalue weighted by Crippen LogP contribution is -2.41. The molecule has 0 saturated carbocycles. The highest BCUT2D eigenvalue weighted by molar-refractivity contribution is 9.10. The molecule has 0 amide bonds. The summed E-state index contributed by atoms with van der Waals surface area (Å²) >= 11 is 3.47. The van der Waals surface area contributed by atoms with E-state index in [4.69, 9.17) is 0 Å². The van der Waals surface area contributed by atoms with E-state index in [9.17, 15) is 9.90 Å². The average molecular weight is 345 g/mol. The number of carboxylic acid groups (broad SMARTS) is 1. The van der Waals surface area contributed by atoms with Gasteiger partial charge in [-0.05, 0) is 54.5 Å². The molecular formula is C18H17BrO2. The van der Waals surface area contributed by atoms with Gasteiger partial charge in [-0.1, -0.05) is 52.3 Å². The van der Waals surface area contributed by atoms with Crippen molar-refractivity contribution in [1.82, 2.24) is 0 Å². The number of aliphatic carboxylic acids is 1. The van der Waals surface area contributed by atoms with Gasteiger partial charge in [0, 0.05) is 4.47 Å². The number of carboxylic acids is 1. The van der Waals surface area contributed by atoms with Gasteiger partial charge in [-0.3, -0.25) is 4.79 Å². The van der Waals surface area contributed by atoms with Crippen molar-refractivity contribution in [3.63, 3.8) is 0 Å². The number of rotatable bonds is 3. The molecular weight excluding hydrogens is 328 g/mol. The summed E-state index contributed by atoms with van der Waals surface area (Å²) in [7, 11) is 0. The molecule has 2 aromatic rings. The Labute approximate surface area is 132 Å². The first-order valence-corrected chi connectivity index (χ1v) is 7.97. The van der Waals surface area contributed by atoms with Gasteiger partial charge in [-0.15, -0.1) is 0 Å². The van der Waals surface area contributed by atoms with Gasteiger partial charge in [-0.2, -0.15) is 0 Å². The van der Waals surface area contributed by atoms with Crippen LogP contribution in [0.25, 0.3) is 0 Å². The highest BCUT2D eigenvalue weighted by Gasteiger charge is 2.43. The van der Waals surface area contributed by atoms with E-state index >= 15 is 0 Å². The Bertz CT molecular complexity index is 680. The standard InChI is InChI=1S/C18H17BrO2/c19-15-8-3-5-13(11-15)12-18(17(20)21)10-4-7-14-6-1-2-9-16(14)18/h1-3,5-6,8-9,11H,4,7,10,12H2,(H,20,21). The fourth-order valence-corrected chi connectivity index (χ4v) is 3.84. The Balaban J connectivity index is 2.08. The van der Waals surface area contributed by atoms with E-state index in [1.54, 1.807) is 0 Å². The van der Waals surface area contributed by atoms with Gasteiger partial charge in [0.1, 0.15) is 0 Å². The molecule has 21 heavy (non-hydrogen) atoms. The molecule has 0 heterocycles. The lowest BCUT2D eigenvalue weighted by molar-refractivity contribution is -0.144. The molecule has 2 aromatic carbocycles. The van der Waals surface area contributed by atoms with Crippen molar-refractivity contribution >= 4 is 21.9 Å². The van der Waals surface area contributed by atoms with Crippen molar-refractivity contribution in [2.75, 3.05) is 0 Å². The molecule has 1 atom stereocenters. The van der Waals surface area contributed by atoms with E-state index in [1.165, 1.54) is 5.56 Å². The van der Waals surface area contributed by atoms with Gasteiger partial charge >= 0.3 is 5.97 Å². The van der Waals surface area contributed by atoms with Crippen molar-refractivity contribution in [2.45, 2.75) is 31.1 Å². The molecule has 0 aromatic heterocycles. The molecule has 2 nitrogen and oxygen atoms in total. The number of benzene rings is 2. The number of hydrogen-bond acceptors (Lipinski definition) is 1. The van der Waals surface area contributed by atoms with Gasteiger partial charge < -0.3 is 5.11 Å². The molecule has 1 N–H and O–H groups in total. The quantitative estimate of drug-likeness (QED) is 0.898. The van der Waals surface area contributed by atoms with Gasteiger partial charge in [-0.25, -0.2) is 0 Å². The zero-order valence-corrected chi connectivity index (χ0v) is 13.3. The van der Waals surface area contributed by atoms with Crippen LogP contribution in [-0.4, -0.2) is 11.1 Å². The summed E-state index contributed by atoms with van der Waals surface area (Å²) in [5.41, 5.74) is 2.43. The average Bonchev–Trinajstić information content (AvgIpc) is 2.47. The number of carbonyl (C=O) groups is 1. The minimum atomic E-state index is -0.796. The van der Waals surface area contributed by atoms with Crippen molar-refractivity contribution < 1.29 is 9.90 Å². The molecule has 0 bridgehead atoms. The lowest BCUT2D eigenvalue weighted by atomic mass is 9.67. The normalized spacial score (nSPS) is 20.8. The Morgan fingerprint density at radius 3 is 2.76 bits per heavy atom. The SMILES string of the molecule is O=C(O)C1(Cc2cccc(Br)c2)CCCc2ccccc21. The molecule has 1 aliphatic rings. The predicted octanol–water partition coefficient (Wildman–Crippen LogP) is 4.35. The van der Waals surface area contributed by atoms with Crippen LogP contribution < -0.4 is 0 Å². The van der Waals surface area contributed by atoms with Crippen LogP contribution in [0.1, 0.15) is 29.5 Å². The van der Waals surface area contributed by atoms with E-state index in [2.05, 4.69) is 22.0 Å². The Hall–Kier alpha value is -1.61. The molecule has 108 valence electrons. The van der Waals surface area contributed by atoms with Crippen molar-refractivity contribution in [3.8, 4) is 0 Å². The number of halogens is 1. The van der Waals surface area contributed by atoms with Crippen LogP contribution in [-0.2, 0) is 23.1 Å². The second-order valence-corrected chi connectivity index (χ2v) is 6.62. The molecule has 0 radical (unpaired) electrons. The second-order valence-electron chi connectivity index (χ2n) is 5.70. The van der Waals surface area contributed by atoms with Crippen LogP contribution in [0.5, 0.6) is 0 Å². The molecule has 0 fully saturated rings. The minimum Gasteiger partial charge on any atom is -0.481 e. The van der Waals surface area contributed by atoms with E-state index in [0.717, 1.165) is 28.4 Å². The van der Waals surface area contributed by atoms with Crippen LogP contribution in [0.2, 0.25) is 0 Å². The van der Waals surface area contributed by atoms with Crippen molar-refractivity contribution in [1.29, 1.82) is 0 Å². The number of fused-ring (bicyclic) bond motifs is 1. The molecule has 0 saturated heterocycles. The minimum absolute atomic E-state index is 0.540. The van der Waals surface area contributed by atoms with Gasteiger partial charge in [0.05, 0.1) is 5.41 Å². The Morgan fingerprint density at radius 1 is 1.19 bits per heavy atom. The third kappa shape index (κ3) is 2.62. The van der Waals surface area contributed by atoms with Crippen LogP contribution in [0.15, 0.2) is 53.0 Å². The topological polar surface area (TPSA) is 37.3 Å². The summed E-state index contributed by atoms with van der Waals surface area (Å²) in [5, 5.41) is 9.95. The summed E-state index contributed by atoms with van der Waals surface area (Å²) in [4.78, 5) is 12.1. The fourth-order valence-electron chi connectivity index (χ4n) is 3.40. The monoisotopic (exact) mass is 344 g/mol. The number of aryl methyl sites for hydroxylation is 1. The predicted molar refractivity (Wildman–Crippen MR) is 86.5 cm³/mol. The van der Waals surface area contributed by atoms with Crippen LogP contribution in [0.4, 0.5) is 0 Å². The molecule has 0 aliphatic heterocycles. The maximum absolute atomic E-state index is 12.1. The maximum atomic E-state index is 12.1. The summed E-state index contributed by atoms with van der Waals surface area (Å²) in [6.07, 6.45) is 3.14. The second kappa shape index (κ2) is 5.64. The van der Waals surface area contributed by atoms with E-state index in [1.807, 2.05) is 42.5 Å². The molecule has 1 unspecified atom stereocenters. The first kappa shape index (κ1) is 14.3. The van der Waals surface area contributed by atoms with Crippen molar-refractivity contribution in [2.24, 2.45) is 0 Å².